The van der Waals surface area contributed by atoms with Gasteiger partial charge >= 0.3 is 0 Å². The summed E-state index contributed by atoms with van der Waals surface area (Å²) in [6.45, 7) is 7.99. The van der Waals surface area contributed by atoms with Gasteiger partial charge in [0.25, 0.3) is 0 Å². The van der Waals surface area contributed by atoms with Crippen molar-refractivity contribution in [1.82, 2.24) is 5.32 Å². The molecule has 0 fully saturated rings. The van der Waals surface area contributed by atoms with E-state index in [0.717, 1.165) is 18.7 Å². The maximum Gasteiger partial charge on any atom is 0.120 e. The standard InChI is InChI=1S/C19H25NO/c1-4-16-7-6-10-19(12-16)21-14-18-9-5-8-17(11-18)13-20-15(2)3/h5-12,15,20H,4,13-14H2,1-3H3. The Morgan fingerprint density at radius 1 is 0.952 bits per heavy atom. The molecule has 0 saturated heterocycles. The van der Waals surface area contributed by atoms with Gasteiger partial charge in [-0.3, -0.25) is 0 Å². The number of rotatable bonds is 7. The summed E-state index contributed by atoms with van der Waals surface area (Å²) in [5.41, 5.74) is 3.81. The average Bonchev–Trinajstić information content (AvgIpc) is 2.51. The zero-order valence-corrected chi connectivity index (χ0v) is 13.2. The molecule has 0 atom stereocenters. The van der Waals surface area contributed by atoms with E-state index in [4.69, 9.17) is 4.74 Å². The van der Waals surface area contributed by atoms with Crippen molar-refractivity contribution < 1.29 is 4.74 Å². The van der Waals surface area contributed by atoms with Crippen molar-refractivity contribution in [2.45, 2.75) is 46.4 Å². The van der Waals surface area contributed by atoms with E-state index in [-0.39, 0.29) is 0 Å². The molecule has 0 aliphatic rings. The molecule has 21 heavy (non-hydrogen) atoms. The van der Waals surface area contributed by atoms with Crippen molar-refractivity contribution in [3.05, 3.63) is 65.2 Å². The van der Waals surface area contributed by atoms with Gasteiger partial charge < -0.3 is 10.1 Å². The molecule has 0 radical (unpaired) electrons. The van der Waals surface area contributed by atoms with Crippen molar-refractivity contribution in [3.63, 3.8) is 0 Å². The Morgan fingerprint density at radius 2 is 1.67 bits per heavy atom. The van der Waals surface area contributed by atoms with Gasteiger partial charge in [0, 0.05) is 12.6 Å². The van der Waals surface area contributed by atoms with Crippen LogP contribution in [0, 0.1) is 0 Å². The monoisotopic (exact) mass is 283 g/mol. The smallest absolute Gasteiger partial charge is 0.120 e. The van der Waals surface area contributed by atoms with E-state index in [9.17, 15) is 0 Å². The van der Waals surface area contributed by atoms with Crippen LogP contribution in [0.1, 0.15) is 37.5 Å². The molecule has 0 spiro atoms. The molecule has 112 valence electrons. The second kappa shape index (κ2) is 7.84. The molecule has 0 bridgehead atoms. The molecule has 0 unspecified atom stereocenters. The van der Waals surface area contributed by atoms with Gasteiger partial charge in [0.05, 0.1) is 0 Å². The summed E-state index contributed by atoms with van der Waals surface area (Å²) in [4.78, 5) is 0. The van der Waals surface area contributed by atoms with E-state index in [1.165, 1.54) is 16.7 Å². The minimum Gasteiger partial charge on any atom is -0.489 e. The lowest BCUT2D eigenvalue weighted by atomic mass is 10.1. The number of nitrogens with one attached hydrogen (secondary N) is 1. The quantitative estimate of drug-likeness (QED) is 0.817. The van der Waals surface area contributed by atoms with E-state index in [1.54, 1.807) is 0 Å². The Hall–Kier alpha value is -1.80. The maximum atomic E-state index is 5.89. The average molecular weight is 283 g/mol. The van der Waals surface area contributed by atoms with Gasteiger partial charge in [0.1, 0.15) is 12.4 Å². The minimum absolute atomic E-state index is 0.502. The topological polar surface area (TPSA) is 21.3 Å². The van der Waals surface area contributed by atoms with Crippen molar-refractivity contribution in [2.24, 2.45) is 0 Å². The molecular formula is C19H25NO. The molecule has 0 heterocycles. The molecule has 2 aromatic carbocycles. The van der Waals surface area contributed by atoms with E-state index in [2.05, 4.69) is 68.6 Å². The van der Waals surface area contributed by atoms with Gasteiger partial charge in [-0.1, -0.05) is 57.2 Å². The molecule has 0 aliphatic heterocycles. The molecule has 2 nitrogen and oxygen atoms in total. The van der Waals surface area contributed by atoms with Crippen molar-refractivity contribution >= 4 is 0 Å². The van der Waals surface area contributed by atoms with Crippen LogP contribution in [0.25, 0.3) is 0 Å². The summed E-state index contributed by atoms with van der Waals surface area (Å²) in [6.07, 6.45) is 1.04. The second-order valence-electron chi connectivity index (χ2n) is 5.65. The van der Waals surface area contributed by atoms with Crippen molar-refractivity contribution in [3.8, 4) is 5.75 Å². The predicted molar refractivity (Wildman–Crippen MR) is 88.6 cm³/mol. The third kappa shape index (κ3) is 5.24. The lowest BCUT2D eigenvalue weighted by Crippen LogP contribution is -2.21. The highest BCUT2D eigenvalue weighted by Crippen LogP contribution is 2.16. The Kier molecular flexibility index (Phi) is 5.82. The number of benzene rings is 2. The van der Waals surface area contributed by atoms with Gasteiger partial charge in [0.15, 0.2) is 0 Å². The van der Waals surface area contributed by atoms with Crippen molar-refractivity contribution in [2.75, 3.05) is 0 Å². The van der Waals surface area contributed by atoms with Gasteiger partial charge in [-0.15, -0.1) is 0 Å². The predicted octanol–water partition coefficient (Wildman–Crippen LogP) is 4.33. The molecule has 1 N–H and O–H groups in total. The molecule has 0 aromatic heterocycles. The lowest BCUT2D eigenvalue weighted by Gasteiger charge is -2.11. The summed E-state index contributed by atoms with van der Waals surface area (Å²) in [7, 11) is 0. The van der Waals surface area contributed by atoms with Crippen LogP contribution in [0.5, 0.6) is 5.75 Å². The van der Waals surface area contributed by atoms with Crippen LogP contribution in [0.2, 0.25) is 0 Å². The van der Waals surface area contributed by atoms with Crippen LogP contribution >= 0.6 is 0 Å². The van der Waals surface area contributed by atoms with Crippen LogP contribution in [-0.4, -0.2) is 6.04 Å². The van der Waals surface area contributed by atoms with Gasteiger partial charge in [0.2, 0.25) is 0 Å². The molecular weight excluding hydrogens is 258 g/mol. The lowest BCUT2D eigenvalue weighted by molar-refractivity contribution is 0.306. The molecule has 2 rings (SSSR count). The number of ether oxygens (including phenoxy) is 1. The minimum atomic E-state index is 0.502. The van der Waals surface area contributed by atoms with Gasteiger partial charge in [-0.2, -0.15) is 0 Å². The number of hydrogen-bond acceptors (Lipinski definition) is 2. The SMILES string of the molecule is CCc1cccc(OCc2cccc(CNC(C)C)c2)c1. The van der Waals surface area contributed by atoms with E-state index in [1.807, 2.05) is 6.07 Å². The van der Waals surface area contributed by atoms with Crippen LogP contribution < -0.4 is 10.1 Å². The van der Waals surface area contributed by atoms with E-state index >= 15 is 0 Å². The van der Waals surface area contributed by atoms with E-state index < -0.39 is 0 Å². The number of aryl methyl sites for hydroxylation is 1. The van der Waals surface area contributed by atoms with Crippen LogP contribution in [-0.2, 0) is 19.6 Å². The van der Waals surface area contributed by atoms with Gasteiger partial charge in [-0.25, -0.2) is 0 Å². The Morgan fingerprint density at radius 3 is 2.43 bits per heavy atom. The number of hydrogen-bond donors (Lipinski definition) is 1. The first-order chi connectivity index (χ1) is 10.2. The molecule has 0 aliphatic carbocycles. The Balaban J connectivity index is 1.94. The summed E-state index contributed by atoms with van der Waals surface area (Å²) >= 11 is 0. The first kappa shape index (κ1) is 15.6. The highest BCUT2D eigenvalue weighted by atomic mass is 16.5. The Labute approximate surface area is 128 Å². The largest absolute Gasteiger partial charge is 0.489 e. The second-order valence-corrected chi connectivity index (χ2v) is 5.65. The maximum absolute atomic E-state index is 5.89. The van der Waals surface area contributed by atoms with E-state index in [0.29, 0.717) is 12.6 Å². The van der Waals surface area contributed by atoms with Crippen LogP contribution in [0.3, 0.4) is 0 Å². The highest BCUT2D eigenvalue weighted by molar-refractivity contribution is 5.29. The fraction of sp³-hybridized carbons (Fsp3) is 0.368. The molecule has 2 heteroatoms. The zero-order valence-electron chi connectivity index (χ0n) is 13.2. The van der Waals surface area contributed by atoms with Crippen LogP contribution in [0.4, 0.5) is 0 Å². The summed E-state index contributed by atoms with van der Waals surface area (Å²) in [5.74, 6) is 0.944. The molecule has 2 aromatic rings. The summed E-state index contributed by atoms with van der Waals surface area (Å²) in [6, 6.07) is 17.4. The van der Waals surface area contributed by atoms with Crippen LogP contribution in [0.15, 0.2) is 48.5 Å². The Bertz CT molecular complexity index is 563. The third-order valence-electron chi connectivity index (χ3n) is 3.42. The zero-order chi connectivity index (χ0) is 15.1. The summed E-state index contributed by atoms with van der Waals surface area (Å²) < 4.78 is 5.89. The van der Waals surface area contributed by atoms with Gasteiger partial charge in [-0.05, 0) is 35.2 Å². The first-order valence-corrected chi connectivity index (χ1v) is 7.70. The fourth-order valence-corrected chi connectivity index (χ4v) is 2.17. The molecule has 0 saturated carbocycles. The first-order valence-electron chi connectivity index (χ1n) is 7.70. The fourth-order valence-electron chi connectivity index (χ4n) is 2.17. The van der Waals surface area contributed by atoms with Crippen molar-refractivity contribution in [1.29, 1.82) is 0 Å². The third-order valence-corrected chi connectivity index (χ3v) is 3.42. The highest BCUT2D eigenvalue weighted by Gasteiger charge is 2.00. The summed E-state index contributed by atoms with van der Waals surface area (Å²) in [5, 5.41) is 3.44. The normalized spacial score (nSPS) is 10.9. The molecule has 0 amide bonds.